The summed E-state index contributed by atoms with van der Waals surface area (Å²) in [7, 11) is 1.95. The van der Waals surface area contributed by atoms with Gasteiger partial charge in [0.15, 0.2) is 0 Å². The Morgan fingerprint density at radius 3 is 2.59 bits per heavy atom. The first-order valence-corrected chi connectivity index (χ1v) is 7.71. The Balaban J connectivity index is 1.59. The molecule has 1 unspecified atom stereocenters. The second kappa shape index (κ2) is 6.73. The van der Waals surface area contributed by atoms with Gasteiger partial charge in [-0.1, -0.05) is 12.1 Å². The molecule has 1 aromatic carbocycles. The highest BCUT2D eigenvalue weighted by Crippen LogP contribution is 2.17. The number of morpholine rings is 1. The van der Waals surface area contributed by atoms with E-state index in [4.69, 9.17) is 4.74 Å². The summed E-state index contributed by atoms with van der Waals surface area (Å²) >= 11 is 0. The van der Waals surface area contributed by atoms with Crippen LogP contribution < -0.4 is 0 Å². The van der Waals surface area contributed by atoms with Gasteiger partial charge in [-0.2, -0.15) is 0 Å². The molecule has 2 aliphatic heterocycles. The lowest BCUT2D eigenvalue weighted by atomic mass is 10.1. The van der Waals surface area contributed by atoms with E-state index in [1.807, 2.05) is 17.1 Å². The van der Waals surface area contributed by atoms with Crippen LogP contribution in [-0.4, -0.2) is 73.3 Å². The van der Waals surface area contributed by atoms with Gasteiger partial charge in [-0.25, -0.2) is 9.40 Å². The quantitative estimate of drug-likeness (QED) is 0.826. The van der Waals surface area contributed by atoms with E-state index in [9.17, 15) is 9.18 Å². The number of benzene rings is 1. The van der Waals surface area contributed by atoms with E-state index in [1.165, 1.54) is 12.1 Å². The molecule has 0 aromatic heterocycles. The summed E-state index contributed by atoms with van der Waals surface area (Å²) in [6.07, 6.45) is 0.306. The van der Waals surface area contributed by atoms with Crippen LogP contribution in [0.1, 0.15) is 5.56 Å². The topological polar surface area (TPSA) is 36.0 Å². The zero-order valence-corrected chi connectivity index (χ0v) is 12.9. The van der Waals surface area contributed by atoms with E-state index < -0.39 is 0 Å². The van der Waals surface area contributed by atoms with Crippen molar-refractivity contribution in [2.75, 3.05) is 46.4 Å². The number of carbonyl (C=O) groups excluding carboxylic acids is 1. The first kappa shape index (κ1) is 15.4. The number of rotatable bonds is 3. The van der Waals surface area contributed by atoms with Gasteiger partial charge in [0.25, 0.3) is 0 Å². The summed E-state index contributed by atoms with van der Waals surface area (Å²) in [5.41, 5.74) is 0.842. The van der Waals surface area contributed by atoms with E-state index in [1.54, 1.807) is 12.1 Å². The van der Waals surface area contributed by atoms with Gasteiger partial charge in [0, 0.05) is 32.7 Å². The molecule has 0 aliphatic carbocycles. The Bertz CT molecular complexity index is 517. The Labute approximate surface area is 130 Å². The van der Waals surface area contributed by atoms with Crippen LogP contribution in [0.15, 0.2) is 24.3 Å². The number of hydrogen-bond acceptors (Lipinski definition) is 4. The highest BCUT2D eigenvalue weighted by molar-refractivity contribution is 5.78. The van der Waals surface area contributed by atoms with E-state index >= 15 is 0 Å². The van der Waals surface area contributed by atoms with Gasteiger partial charge in [0.2, 0.25) is 5.91 Å². The fourth-order valence-corrected chi connectivity index (χ4v) is 3.13. The van der Waals surface area contributed by atoms with Crippen molar-refractivity contribution >= 4 is 5.91 Å². The van der Waals surface area contributed by atoms with Crippen molar-refractivity contribution in [2.45, 2.75) is 12.5 Å². The Hall–Kier alpha value is -1.50. The molecule has 2 saturated heterocycles. The second-order valence-corrected chi connectivity index (χ2v) is 5.92. The Morgan fingerprint density at radius 2 is 1.91 bits per heavy atom. The predicted octanol–water partition coefficient (Wildman–Crippen LogP) is 0.758. The third-order valence-corrected chi connectivity index (χ3v) is 4.39. The number of hydrogen-bond donors (Lipinski definition) is 0. The Morgan fingerprint density at radius 1 is 1.23 bits per heavy atom. The maximum Gasteiger partial charge on any atom is 0.241 e. The van der Waals surface area contributed by atoms with Crippen LogP contribution in [0.4, 0.5) is 4.39 Å². The van der Waals surface area contributed by atoms with E-state index in [2.05, 4.69) is 4.90 Å². The molecule has 0 bridgehead atoms. The molecule has 2 heterocycles. The summed E-state index contributed by atoms with van der Waals surface area (Å²) in [5, 5.41) is 3.80. The molecule has 1 atom stereocenters. The molecule has 0 N–H and O–H groups in total. The largest absolute Gasteiger partial charge is 0.379 e. The molecule has 2 fully saturated rings. The molecule has 2 aliphatic rings. The fraction of sp³-hybridized carbons (Fsp3) is 0.562. The Kier molecular flexibility index (Phi) is 4.71. The molecule has 120 valence electrons. The van der Waals surface area contributed by atoms with Crippen molar-refractivity contribution in [1.82, 2.24) is 14.9 Å². The number of nitrogens with zero attached hydrogens (tertiary/aromatic N) is 3. The summed E-state index contributed by atoms with van der Waals surface area (Å²) in [6.45, 7) is 4.97. The van der Waals surface area contributed by atoms with Crippen molar-refractivity contribution in [3.05, 3.63) is 35.6 Å². The zero-order valence-electron chi connectivity index (χ0n) is 12.9. The average Bonchev–Trinajstić information content (AvgIpc) is 2.92. The van der Waals surface area contributed by atoms with E-state index in [0.717, 1.165) is 45.0 Å². The summed E-state index contributed by atoms with van der Waals surface area (Å²) in [5.74, 6) is -0.216. The number of likely N-dealkylation sites (N-methyl/N-ethyl adjacent to an activating group) is 1. The third-order valence-electron chi connectivity index (χ3n) is 4.39. The van der Waals surface area contributed by atoms with Crippen molar-refractivity contribution < 1.29 is 13.9 Å². The fourth-order valence-electron chi connectivity index (χ4n) is 3.13. The van der Waals surface area contributed by atoms with E-state index in [-0.39, 0.29) is 11.7 Å². The van der Waals surface area contributed by atoms with Crippen LogP contribution in [0.25, 0.3) is 0 Å². The van der Waals surface area contributed by atoms with Gasteiger partial charge < -0.3 is 4.74 Å². The van der Waals surface area contributed by atoms with Gasteiger partial charge in [-0.3, -0.25) is 14.7 Å². The van der Waals surface area contributed by atoms with Gasteiger partial charge in [0.05, 0.1) is 26.2 Å². The molecule has 1 amide bonds. The third kappa shape index (κ3) is 3.45. The molecular weight excluding hydrogens is 285 g/mol. The first-order valence-electron chi connectivity index (χ1n) is 7.71. The minimum Gasteiger partial charge on any atom is -0.379 e. The van der Waals surface area contributed by atoms with Crippen LogP contribution in [-0.2, 0) is 16.0 Å². The molecule has 6 heteroatoms. The van der Waals surface area contributed by atoms with Crippen LogP contribution >= 0.6 is 0 Å². The van der Waals surface area contributed by atoms with Crippen LogP contribution in [0.2, 0.25) is 0 Å². The predicted molar refractivity (Wildman–Crippen MR) is 80.6 cm³/mol. The van der Waals surface area contributed by atoms with Crippen LogP contribution in [0.5, 0.6) is 0 Å². The van der Waals surface area contributed by atoms with Gasteiger partial charge in [-0.05, 0) is 17.7 Å². The monoisotopic (exact) mass is 307 g/mol. The zero-order chi connectivity index (χ0) is 15.5. The number of halogens is 1. The van der Waals surface area contributed by atoms with Crippen molar-refractivity contribution in [1.29, 1.82) is 0 Å². The summed E-state index contributed by atoms with van der Waals surface area (Å²) < 4.78 is 18.3. The molecule has 22 heavy (non-hydrogen) atoms. The normalized spacial score (nSPS) is 23.9. The molecule has 1 aromatic rings. The lowest BCUT2D eigenvalue weighted by Crippen LogP contribution is -2.46. The highest BCUT2D eigenvalue weighted by atomic mass is 19.1. The van der Waals surface area contributed by atoms with Crippen molar-refractivity contribution in [2.24, 2.45) is 0 Å². The standard InChI is InChI=1S/C16H22FN3O2/c1-18-11-15(19-6-8-22-9-7-19)12-20(18)16(21)10-13-2-4-14(17)5-3-13/h2-5,15H,6-12H2,1H3. The van der Waals surface area contributed by atoms with E-state index in [0.29, 0.717) is 12.5 Å². The molecule has 5 nitrogen and oxygen atoms in total. The second-order valence-electron chi connectivity index (χ2n) is 5.92. The number of amides is 1. The minimum atomic E-state index is -0.276. The highest BCUT2D eigenvalue weighted by Gasteiger charge is 2.34. The molecule has 3 rings (SSSR count). The van der Waals surface area contributed by atoms with Crippen LogP contribution in [0, 0.1) is 5.82 Å². The smallest absolute Gasteiger partial charge is 0.241 e. The molecule has 0 spiro atoms. The van der Waals surface area contributed by atoms with Crippen LogP contribution in [0.3, 0.4) is 0 Å². The summed E-state index contributed by atoms with van der Waals surface area (Å²) in [6, 6.07) is 6.50. The van der Waals surface area contributed by atoms with Gasteiger partial charge in [0.1, 0.15) is 5.82 Å². The number of carbonyl (C=O) groups is 1. The van der Waals surface area contributed by atoms with Gasteiger partial charge >= 0.3 is 0 Å². The maximum atomic E-state index is 12.9. The SMILES string of the molecule is CN1CC(N2CCOCC2)CN1C(=O)Cc1ccc(F)cc1. The number of hydrazine groups is 1. The lowest BCUT2D eigenvalue weighted by molar-refractivity contribution is -0.141. The lowest BCUT2D eigenvalue weighted by Gasteiger charge is -2.31. The average molecular weight is 307 g/mol. The first-order chi connectivity index (χ1) is 10.6. The van der Waals surface area contributed by atoms with Gasteiger partial charge in [-0.15, -0.1) is 0 Å². The summed E-state index contributed by atoms with van der Waals surface area (Å²) in [4.78, 5) is 14.9. The maximum absolute atomic E-state index is 12.9. The molecule has 0 saturated carbocycles. The number of ether oxygens (including phenoxy) is 1. The van der Waals surface area contributed by atoms with Crippen molar-refractivity contribution in [3.63, 3.8) is 0 Å². The van der Waals surface area contributed by atoms with Crippen molar-refractivity contribution in [3.8, 4) is 0 Å². The minimum absolute atomic E-state index is 0.0601. The molecule has 0 radical (unpaired) electrons. The molecular formula is C16H22FN3O2.